The zero-order valence-electron chi connectivity index (χ0n) is 16.0. The van der Waals surface area contributed by atoms with E-state index in [-0.39, 0.29) is 17.1 Å². The molecule has 0 heterocycles. The van der Waals surface area contributed by atoms with E-state index in [1.54, 1.807) is 12.1 Å². The number of amides is 3. The van der Waals surface area contributed by atoms with Gasteiger partial charge in [-0.3, -0.25) is 15.0 Å². The Kier molecular flexibility index (Phi) is 7.50. The van der Waals surface area contributed by atoms with Gasteiger partial charge in [0, 0.05) is 5.56 Å². The third-order valence-corrected chi connectivity index (χ3v) is 3.90. The zero-order valence-corrected chi connectivity index (χ0v) is 16.0. The molecule has 12 heteroatoms. The Balaban J connectivity index is 2.02. The van der Waals surface area contributed by atoms with Crippen LogP contribution in [0.2, 0.25) is 0 Å². The summed E-state index contributed by atoms with van der Waals surface area (Å²) in [6, 6.07) is 9.50. The number of carboxylic acid groups (broad SMARTS) is 2. The summed E-state index contributed by atoms with van der Waals surface area (Å²) in [5.41, 5.74) is 15.8. The molecular weight excluding hydrogens is 408 g/mol. The quantitative estimate of drug-likeness (QED) is 0.186. The van der Waals surface area contributed by atoms with E-state index in [0.717, 1.165) is 0 Å². The van der Waals surface area contributed by atoms with Gasteiger partial charge in [-0.15, -0.1) is 0 Å². The van der Waals surface area contributed by atoms with Crippen LogP contribution >= 0.6 is 0 Å². The van der Waals surface area contributed by atoms with Crippen LogP contribution in [0.5, 0.6) is 0 Å². The van der Waals surface area contributed by atoms with Crippen molar-refractivity contribution in [2.24, 2.45) is 16.5 Å². The molecule has 2 aromatic carbocycles. The average molecular weight is 428 g/mol. The van der Waals surface area contributed by atoms with Crippen LogP contribution in [-0.2, 0) is 4.79 Å². The molecule has 1 atom stereocenters. The highest BCUT2D eigenvalue weighted by Crippen LogP contribution is 2.18. The molecule has 0 spiro atoms. The highest BCUT2D eigenvalue weighted by atomic mass is 16.4. The fourth-order valence-corrected chi connectivity index (χ4v) is 2.53. The summed E-state index contributed by atoms with van der Waals surface area (Å²) in [5.74, 6) is -3.17. The second-order valence-electron chi connectivity index (χ2n) is 6.22. The van der Waals surface area contributed by atoms with Gasteiger partial charge in [-0.05, 0) is 35.9 Å². The molecule has 9 N–H and O–H groups in total. The Labute approximate surface area is 175 Å². The summed E-state index contributed by atoms with van der Waals surface area (Å²) in [6.07, 6.45) is -0.464. The Morgan fingerprint density at radius 1 is 0.935 bits per heavy atom. The number of nitrogens with one attached hydrogen (secondary N) is 3. The standard InChI is InChI=1S/C19H20N6O6/c20-18(21)22-13-3-1-2-12(8-13)16(28)24-25-19(31)23-14(9-15(26)27)10-4-6-11(7-5-10)17(29)30/h1-8,14H,9H2,(H,24,28)(H,26,27)(H,29,30)(H4,20,21,22)(H2,23,25,31). The molecule has 12 nitrogen and oxygen atoms in total. The number of benzene rings is 2. The number of guanidine groups is 1. The molecule has 1 unspecified atom stereocenters. The Morgan fingerprint density at radius 2 is 1.61 bits per heavy atom. The molecular formula is C19H20N6O6. The molecule has 0 saturated carbocycles. The van der Waals surface area contributed by atoms with E-state index in [0.29, 0.717) is 11.3 Å². The Hall–Kier alpha value is -4.61. The van der Waals surface area contributed by atoms with Crippen LogP contribution < -0.4 is 27.6 Å². The molecule has 0 aliphatic rings. The minimum Gasteiger partial charge on any atom is -0.481 e. The van der Waals surface area contributed by atoms with Gasteiger partial charge in [-0.2, -0.15) is 0 Å². The van der Waals surface area contributed by atoms with Gasteiger partial charge in [0.2, 0.25) is 0 Å². The van der Waals surface area contributed by atoms with Gasteiger partial charge in [0.1, 0.15) is 0 Å². The van der Waals surface area contributed by atoms with E-state index in [2.05, 4.69) is 21.2 Å². The molecule has 0 saturated heterocycles. The number of hydrogen-bond donors (Lipinski definition) is 7. The number of aliphatic imine (C=N–C) groups is 1. The Bertz CT molecular complexity index is 1020. The maximum atomic E-state index is 12.2. The highest BCUT2D eigenvalue weighted by molar-refractivity contribution is 5.96. The molecule has 31 heavy (non-hydrogen) atoms. The molecule has 0 radical (unpaired) electrons. The molecule has 0 aliphatic carbocycles. The van der Waals surface area contributed by atoms with Crippen LogP contribution in [0.25, 0.3) is 0 Å². The number of carbonyl (C=O) groups is 4. The van der Waals surface area contributed by atoms with Crippen molar-refractivity contribution in [2.75, 3.05) is 0 Å². The molecule has 3 amide bonds. The number of aliphatic carboxylic acids is 1. The summed E-state index contributed by atoms with van der Waals surface area (Å²) < 4.78 is 0. The van der Waals surface area contributed by atoms with Crippen LogP contribution in [0.15, 0.2) is 53.5 Å². The van der Waals surface area contributed by atoms with Crippen molar-refractivity contribution in [1.29, 1.82) is 0 Å². The number of carbonyl (C=O) groups excluding carboxylic acids is 2. The molecule has 0 aromatic heterocycles. The average Bonchev–Trinajstić information content (AvgIpc) is 2.71. The van der Waals surface area contributed by atoms with Crippen LogP contribution in [0, 0.1) is 0 Å². The van der Waals surface area contributed by atoms with Gasteiger partial charge < -0.3 is 27.0 Å². The van der Waals surface area contributed by atoms with Gasteiger partial charge in [-0.1, -0.05) is 18.2 Å². The van der Waals surface area contributed by atoms with E-state index in [4.69, 9.17) is 21.7 Å². The van der Waals surface area contributed by atoms with Crippen LogP contribution in [0.4, 0.5) is 10.5 Å². The molecule has 2 rings (SSSR count). The van der Waals surface area contributed by atoms with E-state index >= 15 is 0 Å². The first-order chi connectivity index (χ1) is 14.7. The van der Waals surface area contributed by atoms with E-state index < -0.39 is 36.3 Å². The summed E-state index contributed by atoms with van der Waals surface area (Å²) in [5, 5.41) is 20.4. The minimum absolute atomic E-state index is 0.0116. The van der Waals surface area contributed by atoms with Crippen molar-refractivity contribution >= 4 is 35.5 Å². The van der Waals surface area contributed by atoms with E-state index in [1.165, 1.54) is 36.4 Å². The van der Waals surface area contributed by atoms with Gasteiger partial charge in [0.15, 0.2) is 5.96 Å². The second-order valence-corrected chi connectivity index (χ2v) is 6.22. The summed E-state index contributed by atoms with van der Waals surface area (Å²) in [4.78, 5) is 50.3. The smallest absolute Gasteiger partial charge is 0.335 e. The lowest BCUT2D eigenvalue weighted by Crippen LogP contribution is -2.48. The fraction of sp³-hybridized carbons (Fsp3) is 0.105. The second kappa shape index (κ2) is 10.2. The van der Waals surface area contributed by atoms with Crippen molar-refractivity contribution in [3.05, 3.63) is 65.2 Å². The third-order valence-electron chi connectivity index (χ3n) is 3.90. The van der Waals surface area contributed by atoms with Crippen molar-refractivity contribution in [1.82, 2.24) is 16.2 Å². The molecule has 0 aliphatic heterocycles. The monoisotopic (exact) mass is 428 g/mol. The first kappa shape index (κ1) is 22.7. The molecule has 162 valence electrons. The lowest BCUT2D eigenvalue weighted by molar-refractivity contribution is -0.137. The van der Waals surface area contributed by atoms with Gasteiger partial charge >= 0.3 is 18.0 Å². The van der Waals surface area contributed by atoms with Crippen LogP contribution in [0.1, 0.15) is 38.7 Å². The van der Waals surface area contributed by atoms with Crippen molar-refractivity contribution < 1.29 is 29.4 Å². The number of hydrazine groups is 1. The first-order valence-corrected chi connectivity index (χ1v) is 8.77. The first-order valence-electron chi connectivity index (χ1n) is 8.77. The number of urea groups is 1. The number of carboxylic acids is 2. The van der Waals surface area contributed by atoms with Crippen molar-refractivity contribution in [3.63, 3.8) is 0 Å². The topological polar surface area (TPSA) is 209 Å². The number of rotatable bonds is 7. The van der Waals surface area contributed by atoms with Crippen molar-refractivity contribution in [2.45, 2.75) is 12.5 Å². The highest BCUT2D eigenvalue weighted by Gasteiger charge is 2.19. The van der Waals surface area contributed by atoms with E-state index in [9.17, 15) is 19.2 Å². The van der Waals surface area contributed by atoms with Gasteiger partial charge in [0.05, 0.1) is 23.7 Å². The minimum atomic E-state index is -1.19. The summed E-state index contributed by atoms with van der Waals surface area (Å²) >= 11 is 0. The van der Waals surface area contributed by atoms with Crippen molar-refractivity contribution in [3.8, 4) is 0 Å². The number of hydrogen-bond acceptors (Lipinski definition) is 5. The Morgan fingerprint density at radius 3 is 2.19 bits per heavy atom. The number of aromatic carboxylic acids is 1. The maximum Gasteiger partial charge on any atom is 0.335 e. The lowest BCUT2D eigenvalue weighted by Gasteiger charge is -2.18. The third kappa shape index (κ3) is 7.05. The number of nitrogens with two attached hydrogens (primary N) is 2. The lowest BCUT2D eigenvalue weighted by atomic mass is 10.0. The summed E-state index contributed by atoms with van der Waals surface area (Å²) in [7, 11) is 0. The maximum absolute atomic E-state index is 12.2. The predicted octanol–water partition coefficient (Wildman–Crippen LogP) is 0.450. The molecule has 0 fully saturated rings. The van der Waals surface area contributed by atoms with Crippen LogP contribution in [0.3, 0.4) is 0 Å². The fourth-order valence-electron chi connectivity index (χ4n) is 2.53. The normalized spacial score (nSPS) is 11.0. The van der Waals surface area contributed by atoms with Gasteiger partial charge in [-0.25, -0.2) is 20.0 Å². The molecule has 0 bridgehead atoms. The van der Waals surface area contributed by atoms with E-state index in [1.807, 2.05) is 0 Å². The summed E-state index contributed by atoms with van der Waals surface area (Å²) in [6.45, 7) is 0. The van der Waals surface area contributed by atoms with Crippen LogP contribution in [-0.4, -0.2) is 40.0 Å². The predicted molar refractivity (Wildman–Crippen MR) is 109 cm³/mol. The SMILES string of the molecule is NC(N)=Nc1cccc(C(=O)NNC(=O)NC(CC(=O)O)c2ccc(C(=O)O)cc2)c1. The molecule has 2 aromatic rings. The zero-order chi connectivity index (χ0) is 23.0. The largest absolute Gasteiger partial charge is 0.481 e. The van der Waals surface area contributed by atoms with Gasteiger partial charge in [0.25, 0.3) is 5.91 Å². The number of nitrogens with zero attached hydrogens (tertiary/aromatic N) is 1.